The number of nitrogens with one attached hydrogen (secondary N) is 1. The summed E-state index contributed by atoms with van der Waals surface area (Å²) in [5.74, 6) is 0.875. The summed E-state index contributed by atoms with van der Waals surface area (Å²) in [5.41, 5.74) is 23.4. The molecule has 70 heavy (non-hydrogen) atoms. The molecule has 0 fully saturated rings. The molecule has 11 aromatic rings. The summed E-state index contributed by atoms with van der Waals surface area (Å²) in [5, 5.41) is 9.82. The Bertz CT molecular complexity index is 4010. The molecule has 0 unspecified atom stereocenters. The minimum Gasteiger partial charge on any atom is -0.456 e. The Hall–Kier alpha value is -7.24. The normalized spacial score (nSPS) is 14.2. The third-order valence-corrected chi connectivity index (χ3v) is 15.9. The van der Waals surface area contributed by atoms with E-state index in [-0.39, 0.29) is 21.7 Å². The molecule has 8 aromatic carbocycles. The van der Waals surface area contributed by atoms with Crippen LogP contribution in [0.15, 0.2) is 154 Å². The van der Waals surface area contributed by atoms with Crippen molar-refractivity contribution in [1.29, 1.82) is 0 Å². The van der Waals surface area contributed by atoms with E-state index in [2.05, 4.69) is 232 Å². The number of hydrogen-bond acceptors (Lipinski definition) is 3. The molecule has 0 bridgehead atoms. The number of benzene rings is 8. The van der Waals surface area contributed by atoms with Gasteiger partial charge < -0.3 is 18.7 Å². The second-order valence-corrected chi connectivity index (χ2v) is 23.9. The van der Waals surface area contributed by atoms with Gasteiger partial charge in [0.25, 0.3) is 0 Å². The fourth-order valence-electron chi connectivity index (χ4n) is 11.9. The van der Waals surface area contributed by atoms with E-state index in [4.69, 9.17) is 8.83 Å². The maximum absolute atomic E-state index is 7.29. The minimum absolute atomic E-state index is 0.0235. The van der Waals surface area contributed by atoms with E-state index in [0.29, 0.717) is 7.28 Å². The lowest BCUT2D eigenvalue weighted by Crippen LogP contribution is -2.37. The number of anilines is 2. The standard InChI is InChI=1S/C65H59BN2O2/c1-62(2,3)38-21-25-41(26-22-38)67-50-34-48-44(42-27-23-40(64(7,8)9)32-47(42)65(48,10)11)33-45(50)56-57-43-19-15-16-20-53(43)70-61(57)58-46-31-39(63(4,5)6)24-28-51(46)68-52-29-37-30-54(36-17-13-12-14-18-36)69-55(37)35-49(52)66-59(56)60(58)68/h12-35,66-67H,1-11H3. The quantitative estimate of drug-likeness (QED) is 0.179. The van der Waals surface area contributed by atoms with E-state index in [1.165, 1.54) is 82.9 Å². The summed E-state index contributed by atoms with van der Waals surface area (Å²) < 4.78 is 16.6. The van der Waals surface area contributed by atoms with E-state index < -0.39 is 0 Å². The second kappa shape index (κ2) is 14.4. The molecule has 0 saturated carbocycles. The Morgan fingerprint density at radius 2 is 1.21 bits per heavy atom. The van der Waals surface area contributed by atoms with Gasteiger partial charge in [-0.25, -0.2) is 0 Å². The summed E-state index contributed by atoms with van der Waals surface area (Å²) in [6, 6.07) is 54.4. The number of nitrogens with zero attached hydrogens (tertiary/aromatic N) is 1. The maximum atomic E-state index is 7.29. The molecule has 3 aromatic heterocycles. The van der Waals surface area contributed by atoms with Crippen molar-refractivity contribution >= 4 is 84.3 Å². The lowest BCUT2D eigenvalue weighted by molar-refractivity contribution is 0.584. The van der Waals surface area contributed by atoms with Gasteiger partial charge in [0.2, 0.25) is 0 Å². The molecule has 1 N–H and O–H groups in total. The first-order valence-corrected chi connectivity index (χ1v) is 25.1. The molecule has 5 heteroatoms. The number of para-hydroxylation sites is 1. The lowest BCUT2D eigenvalue weighted by Gasteiger charge is -2.27. The van der Waals surface area contributed by atoms with Crippen LogP contribution in [-0.2, 0) is 21.7 Å². The first kappa shape index (κ1) is 42.8. The molecule has 0 radical (unpaired) electrons. The van der Waals surface area contributed by atoms with Crippen LogP contribution in [0.3, 0.4) is 0 Å². The molecule has 0 atom stereocenters. The number of hydrogen-bond donors (Lipinski definition) is 1. The van der Waals surface area contributed by atoms with Gasteiger partial charge in [0.15, 0.2) is 7.28 Å². The number of furan rings is 2. The van der Waals surface area contributed by atoms with E-state index in [0.717, 1.165) is 61.2 Å². The predicted octanol–water partition coefficient (Wildman–Crippen LogP) is 16.4. The van der Waals surface area contributed by atoms with Crippen LogP contribution in [0.25, 0.3) is 94.0 Å². The fourth-order valence-corrected chi connectivity index (χ4v) is 11.9. The highest BCUT2D eigenvalue weighted by Gasteiger charge is 2.39. The van der Waals surface area contributed by atoms with Gasteiger partial charge in [0.05, 0.1) is 16.4 Å². The highest BCUT2D eigenvalue weighted by Crippen LogP contribution is 2.54. The molecule has 1 aliphatic heterocycles. The molecule has 2 aliphatic rings. The Morgan fingerprint density at radius 3 is 1.96 bits per heavy atom. The predicted molar refractivity (Wildman–Crippen MR) is 299 cm³/mol. The number of aromatic nitrogens is 1. The molecule has 1 aliphatic carbocycles. The minimum atomic E-state index is -0.226. The lowest BCUT2D eigenvalue weighted by atomic mass is 9.58. The van der Waals surface area contributed by atoms with Crippen molar-refractivity contribution in [3.63, 3.8) is 0 Å². The monoisotopic (exact) mass is 910 g/mol. The van der Waals surface area contributed by atoms with Gasteiger partial charge >= 0.3 is 0 Å². The molecule has 344 valence electrons. The van der Waals surface area contributed by atoms with Crippen LogP contribution in [0, 0.1) is 0 Å². The van der Waals surface area contributed by atoms with Gasteiger partial charge in [-0.1, -0.05) is 167 Å². The van der Waals surface area contributed by atoms with Gasteiger partial charge in [0.1, 0.15) is 22.5 Å². The SMILES string of the molecule is CC(C)(C)c1ccc(Nc2cc3c(cc2-c2c4c5c(c6cc(C(C)(C)C)ccc6n5-c5cc6cc(-c7ccccc7)oc6cc5B4)c4oc5ccccc5c24)-c2ccc(C(C)(C)C)cc2C3(C)C)cc1. The van der Waals surface area contributed by atoms with Crippen LogP contribution >= 0.6 is 0 Å². The second-order valence-electron chi connectivity index (χ2n) is 23.9. The van der Waals surface area contributed by atoms with Crippen LogP contribution < -0.4 is 16.2 Å². The van der Waals surface area contributed by atoms with Gasteiger partial charge in [-0.3, -0.25) is 0 Å². The summed E-state index contributed by atoms with van der Waals surface area (Å²) in [4.78, 5) is 0. The molecular formula is C65H59BN2O2. The molecule has 4 heterocycles. The van der Waals surface area contributed by atoms with Gasteiger partial charge in [0, 0.05) is 55.1 Å². The Balaban J connectivity index is 1.17. The Kier molecular flexibility index (Phi) is 8.82. The summed E-state index contributed by atoms with van der Waals surface area (Å²) >= 11 is 0. The zero-order valence-corrected chi connectivity index (χ0v) is 42.3. The van der Waals surface area contributed by atoms with E-state index in [1.807, 2.05) is 0 Å². The summed E-state index contributed by atoms with van der Waals surface area (Å²) in [6.45, 7) is 25.5. The fraction of sp³-hybridized carbons (Fsp3) is 0.231. The van der Waals surface area contributed by atoms with Crippen LogP contribution in [0.4, 0.5) is 11.4 Å². The Labute approximate surface area is 411 Å². The van der Waals surface area contributed by atoms with Crippen molar-refractivity contribution < 1.29 is 8.83 Å². The van der Waals surface area contributed by atoms with Gasteiger partial charge in [-0.05, 0) is 127 Å². The highest BCUT2D eigenvalue weighted by atomic mass is 16.3. The smallest absolute Gasteiger partial charge is 0.198 e. The van der Waals surface area contributed by atoms with Crippen LogP contribution in [0.1, 0.15) is 104 Å². The topological polar surface area (TPSA) is 43.2 Å². The molecule has 13 rings (SSSR count). The zero-order valence-electron chi connectivity index (χ0n) is 42.3. The molecule has 0 amide bonds. The van der Waals surface area contributed by atoms with Gasteiger partial charge in [-0.2, -0.15) is 0 Å². The molecule has 4 nitrogen and oxygen atoms in total. The van der Waals surface area contributed by atoms with Crippen molar-refractivity contribution in [2.24, 2.45) is 0 Å². The number of fused-ring (bicyclic) bond motifs is 13. The third-order valence-electron chi connectivity index (χ3n) is 15.9. The number of rotatable bonds is 4. The highest BCUT2D eigenvalue weighted by molar-refractivity contribution is 6.74. The van der Waals surface area contributed by atoms with Gasteiger partial charge in [-0.15, -0.1) is 0 Å². The Morgan fingerprint density at radius 1 is 0.543 bits per heavy atom. The molecular weight excluding hydrogens is 852 g/mol. The van der Waals surface area contributed by atoms with E-state index in [1.54, 1.807) is 0 Å². The first-order valence-electron chi connectivity index (χ1n) is 25.1. The largest absolute Gasteiger partial charge is 0.456 e. The summed E-state index contributed by atoms with van der Waals surface area (Å²) in [6.07, 6.45) is 0. The van der Waals surface area contributed by atoms with Crippen LogP contribution in [0.2, 0.25) is 0 Å². The molecule has 0 saturated heterocycles. The van der Waals surface area contributed by atoms with Crippen LogP contribution in [0.5, 0.6) is 0 Å². The van der Waals surface area contributed by atoms with Crippen molar-refractivity contribution in [2.75, 3.05) is 5.32 Å². The van der Waals surface area contributed by atoms with Crippen molar-refractivity contribution in [2.45, 2.75) is 97.8 Å². The molecule has 0 spiro atoms. The average Bonchev–Trinajstić information content (AvgIpc) is 4.07. The first-order chi connectivity index (χ1) is 33.3. The van der Waals surface area contributed by atoms with Crippen LogP contribution in [-0.4, -0.2) is 11.8 Å². The third kappa shape index (κ3) is 6.29. The van der Waals surface area contributed by atoms with Crippen molar-refractivity contribution in [3.05, 3.63) is 173 Å². The van der Waals surface area contributed by atoms with Crippen molar-refractivity contribution in [3.8, 4) is 39.3 Å². The van der Waals surface area contributed by atoms with E-state index in [9.17, 15) is 0 Å². The van der Waals surface area contributed by atoms with Crippen molar-refractivity contribution in [1.82, 2.24) is 4.57 Å². The zero-order chi connectivity index (χ0) is 48.4. The van der Waals surface area contributed by atoms with E-state index >= 15 is 0 Å². The summed E-state index contributed by atoms with van der Waals surface area (Å²) in [7, 11) is 0.713. The maximum Gasteiger partial charge on any atom is 0.198 e. The average molecular weight is 911 g/mol.